The van der Waals surface area contributed by atoms with E-state index in [9.17, 15) is 19.2 Å². The molecule has 1 aliphatic heterocycles. The van der Waals surface area contributed by atoms with Crippen molar-refractivity contribution in [2.24, 2.45) is 11.8 Å². The second-order valence-corrected chi connectivity index (χ2v) is 7.15. The van der Waals surface area contributed by atoms with Crippen LogP contribution in [0.4, 0.5) is 5.69 Å². The quantitative estimate of drug-likeness (QED) is 0.609. The first-order valence-electron chi connectivity index (χ1n) is 9.33. The minimum Gasteiger partial charge on any atom is -0.456 e. The van der Waals surface area contributed by atoms with E-state index in [1.165, 1.54) is 4.90 Å². The second-order valence-electron chi connectivity index (χ2n) is 7.15. The third-order valence-corrected chi connectivity index (χ3v) is 5.14. The lowest BCUT2D eigenvalue weighted by molar-refractivity contribution is -0.148. The van der Waals surface area contributed by atoms with Crippen LogP contribution in [0.5, 0.6) is 0 Å². The first-order valence-corrected chi connectivity index (χ1v) is 9.33. The Morgan fingerprint density at radius 3 is 2.44 bits per heavy atom. The van der Waals surface area contributed by atoms with Crippen LogP contribution in [-0.4, -0.2) is 41.7 Å². The molecule has 1 aromatic rings. The van der Waals surface area contributed by atoms with Gasteiger partial charge in [0, 0.05) is 12.2 Å². The molecule has 1 N–H and O–H groups in total. The van der Waals surface area contributed by atoms with Crippen LogP contribution in [0.2, 0.25) is 0 Å². The summed E-state index contributed by atoms with van der Waals surface area (Å²) in [5.41, 5.74) is 1.64. The van der Waals surface area contributed by atoms with Crippen molar-refractivity contribution in [1.29, 1.82) is 0 Å². The molecule has 1 aromatic carbocycles. The molecule has 7 heteroatoms. The molecule has 1 aliphatic carbocycles. The van der Waals surface area contributed by atoms with Crippen molar-refractivity contribution in [3.05, 3.63) is 29.8 Å². The largest absolute Gasteiger partial charge is 0.456 e. The first kappa shape index (κ1) is 19.1. The van der Waals surface area contributed by atoms with Crippen LogP contribution in [0, 0.1) is 18.8 Å². The summed E-state index contributed by atoms with van der Waals surface area (Å²) in [4.78, 5) is 49.6. The molecule has 3 rings (SSSR count). The van der Waals surface area contributed by atoms with Crippen LogP contribution in [0.15, 0.2) is 24.3 Å². The molecule has 0 bridgehead atoms. The van der Waals surface area contributed by atoms with Crippen LogP contribution >= 0.6 is 0 Å². The lowest BCUT2D eigenvalue weighted by Crippen LogP contribution is -2.33. The van der Waals surface area contributed by atoms with Gasteiger partial charge >= 0.3 is 5.97 Å². The van der Waals surface area contributed by atoms with Crippen molar-refractivity contribution in [1.82, 2.24) is 4.90 Å². The van der Waals surface area contributed by atoms with Crippen molar-refractivity contribution < 1.29 is 23.9 Å². The number of fused-ring (bicyclic) bond motifs is 1. The minimum absolute atomic E-state index is 0.0169. The number of hydrogen-bond acceptors (Lipinski definition) is 5. The monoisotopic (exact) mass is 372 g/mol. The van der Waals surface area contributed by atoms with E-state index >= 15 is 0 Å². The number of ether oxygens (including phenoxy) is 1. The zero-order chi connectivity index (χ0) is 19.4. The number of esters is 1. The van der Waals surface area contributed by atoms with Gasteiger partial charge in [0.25, 0.3) is 5.91 Å². The standard InChI is InChI=1S/C20H24N2O5/c1-13-5-4-6-14(11-13)21-17(23)12-27-18(24)9-10-22-19(25)15-7-2-3-8-16(15)20(22)26/h4-6,11,15-16H,2-3,7-10,12H2,1H3,(H,21,23)/t15-,16-/m1/s1. The van der Waals surface area contributed by atoms with Crippen LogP contribution in [-0.2, 0) is 23.9 Å². The number of anilines is 1. The van der Waals surface area contributed by atoms with E-state index in [-0.39, 0.29) is 36.6 Å². The maximum Gasteiger partial charge on any atom is 0.308 e. The molecule has 1 saturated carbocycles. The molecule has 0 unspecified atom stereocenters. The summed E-state index contributed by atoms with van der Waals surface area (Å²) >= 11 is 0. The van der Waals surface area contributed by atoms with Gasteiger partial charge in [0.1, 0.15) is 0 Å². The number of likely N-dealkylation sites (tertiary alicyclic amines) is 1. The third kappa shape index (κ3) is 4.53. The van der Waals surface area contributed by atoms with Crippen LogP contribution in [0.3, 0.4) is 0 Å². The van der Waals surface area contributed by atoms with E-state index in [1.807, 2.05) is 25.1 Å². The Hall–Kier alpha value is -2.70. The summed E-state index contributed by atoms with van der Waals surface area (Å²) in [6.07, 6.45) is 3.32. The molecular weight excluding hydrogens is 348 g/mol. The Kier molecular flexibility index (Phi) is 5.88. The van der Waals surface area contributed by atoms with Gasteiger partial charge < -0.3 is 10.1 Å². The number of amides is 3. The SMILES string of the molecule is Cc1cccc(NC(=O)COC(=O)CCN2C(=O)[C@@H]3CCCC[C@H]3C2=O)c1. The van der Waals surface area contributed by atoms with Gasteiger partial charge in [0.15, 0.2) is 6.61 Å². The topological polar surface area (TPSA) is 92.8 Å². The molecule has 3 amide bonds. The van der Waals surface area contributed by atoms with Gasteiger partial charge in [-0.25, -0.2) is 0 Å². The zero-order valence-electron chi connectivity index (χ0n) is 15.4. The van der Waals surface area contributed by atoms with Crippen LogP contribution < -0.4 is 5.32 Å². The average molecular weight is 372 g/mol. The van der Waals surface area contributed by atoms with Crippen molar-refractivity contribution in [3.63, 3.8) is 0 Å². The molecule has 7 nitrogen and oxygen atoms in total. The maximum atomic E-state index is 12.3. The number of carbonyl (C=O) groups excluding carboxylic acids is 4. The Morgan fingerprint density at radius 1 is 1.15 bits per heavy atom. The third-order valence-electron chi connectivity index (χ3n) is 5.14. The van der Waals surface area contributed by atoms with Crippen LogP contribution in [0.1, 0.15) is 37.7 Å². The highest BCUT2D eigenvalue weighted by Crippen LogP contribution is 2.37. The first-order chi connectivity index (χ1) is 13.0. The van der Waals surface area contributed by atoms with E-state index in [4.69, 9.17) is 4.74 Å². The van der Waals surface area contributed by atoms with Gasteiger partial charge in [-0.1, -0.05) is 25.0 Å². The summed E-state index contributed by atoms with van der Waals surface area (Å²) in [6, 6.07) is 7.28. The number of benzene rings is 1. The van der Waals surface area contributed by atoms with Gasteiger partial charge in [-0.15, -0.1) is 0 Å². The molecule has 1 saturated heterocycles. The van der Waals surface area contributed by atoms with Gasteiger partial charge in [-0.05, 0) is 37.5 Å². The zero-order valence-corrected chi connectivity index (χ0v) is 15.4. The van der Waals surface area contributed by atoms with Crippen molar-refractivity contribution in [2.75, 3.05) is 18.5 Å². The summed E-state index contributed by atoms with van der Waals surface area (Å²) in [5.74, 6) is -1.83. The van der Waals surface area contributed by atoms with E-state index in [1.54, 1.807) is 6.07 Å². The Bertz CT molecular complexity index is 736. The number of hydrogen-bond donors (Lipinski definition) is 1. The maximum absolute atomic E-state index is 12.3. The van der Waals surface area contributed by atoms with Gasteiger partial charge in [-0.2, -0.15) is 0 Å². The van der Waals surface area contributed by atoms with E-state index in [2.05, 4.69) is 5.32 Å². The molecule has 27 heavy (non-hydrogen) atoms. The number of imide groups is 1. The molecule has 2 aliphatic rings. The number of nitrogens with zero attached hydrogens (tertiary/aromatic N) is 1. The van der Waals surface area contributed by atoms with E-state index in [0.717, 1.165) is 31.2 Å². The fraction of sp³-hybridized carbons (Fsp3) is 0.500. The lowest BCUT2D eigenvalue weighted by Gasteiger charge is -2.19. The van der Waals surface area contributed by atoms with Gasteiger partial charge in [0.2, 0.25) is 11.8 Å². The molecule has 144 valence electrons. The van der Waals surface area contributed by atoms with Crippen molar-refractivity contribution in [3.8, 4) is 0 Å². The molecule has 0 aromatic heterocycles. The van der Waals surface area contributed by atoms with Gasteiger partial charge in [0.05, 0.1) is 18.3 Å². The summed E-state index contributed by atoms with van der Waals surface area (Å²) in [6.45, 7) is 1.52. The normalized spacial score (nSPS) is 21.7. The lowest BCUT2D eigenvalue weighted by atomic mass is 9.81. The summed E-state index contributed by atoms with van der Waals surface area (Å²) < 4.78 is 4.96. The summed E-state index contributed by atoms with van der Waals surface area (Å²) in [5, 5.41) is 2.65. The highest BCUT2D eigenvalue weighted by atomic mass is 16.5. The molecule has 2 atom stereocenters. The number of nitrogens with one attached hydrogen (secondary N) is 1. The second kappa shape index (κ2) is 8.33. The van der Waals surface area contributed by atoms with Gasteiger partial charge in [-0.3, -0.25) is 24.1 Å². The highest BCUT2D eigenvalue weighted by molar-refractivity contribution is 6.05. The highest BCUT2D eigenvalue weighted by Gasteiger charge is 2.47. The molecule has 0 spiro atoms. The molecule has 1 heterocycles. The molecule has 2 fully saturated rings. The summed E-state index contributed by atoms with van der Waals surface area (Å²) in [7, 11) is 0. The van der Waals surface area contributed by atoms with E-state index in [0.29, 0.717) is 5.69 Å². The fourth-order valence-electron chi connectivity index (χ4n) is 3.79. The Balaban J connectivity index is 1.42. The predicted octanol–water partition coefficient (Wildman–Crippen LogP) is 2.04. The molecule has 0 radical (unpaired) electrons. The number of carbonyl (C=O) groups is 4. The van der Waals surface area contributed by atoms with Crippen LogP contribution in [0.25, 0.3) is 0 Å². The van der Waals surface area contributed by atoms with Crippen molar-refractivity contribution in [2.45, 2.75) is 39.0 Å². The average Bonchev–Trinajstić information content (AvgIpc) is 2.89. The molecular formula is C20H24N2O5. The fourth-order valence-corrected chi connectivity index (χ4v) is 3.79. The number of aryl methyl sites for hydroxylation is 1. The minimum atomic E-state index is -0.607. The Labute approximate surface area is 158 Å². The number of rotatable bonds is 6. The smallest absolute Gasteiger partial charge is 0.308 e. The predicted molar refractivity (Wildman–Crippen MR) is 97.6 cm³/mol. The van der Waals surface area contributed by atoms with Crippen molar-refractivity contribution >= 4 is 29.4 Å². The van der Waals surface area contributed by atoms with E-state index < -0.39 is 18.5 Å². The Morgan fingerprint density at radius 2 is 1.81 bits per heavy atom.